The SMILES string of the molecule is Cn1c(=O)n2n(c1=O)[C@@H]1CC[C@@H]3n4c(=O)n(C)c(=O)n4[C@@H]4CC[C@H]2C12CC342. The maximum Gasteiger partial charge on any atom is 0.347 e. The fourth-order valence-corrected chi connectivity index (χ4v) is 7.90. The van der Waals surface area contributed by atoms with Crippen molar-refractivity contribution in [3.63, 3.8) is 0 Å². The molecular weight excluding hydrogens is 352 g/mol. The van der Waals surface area contributed by atoms with Crippen LogP contribution in [-0.4, -0.2) is 27.9 Å². The Bertz CT molecular complexity index is 1120. The van der Waals surface area contributed by atoms with Crippen LogP contribution < -0.4 is 22.8 Å². The number of nitrogens with zero attached hydrogens (tertiary/aromatic N) is 6. The van der Waals surface area contributed by atoms with Crippen LogP contribution in [0.25, 0.3) is 0 Å². The highest BCUT2D eigenvalue weighted by Gasteiger charge is 2.87. The van der Waals surface area contributed by atoms with Gasteiger partial charge in [-0.25, -0.2) is 47.0 Å². The molecule has 2 aliphatic heterocycles. The minimum absolute atomic E-state index is 0.00731. The second-order valence-electron chi connectivity index (χ2n) is 9.10. The van der Waals surface area contributed by atoms with Crippen LogP contribution >= 0.6 is 0 Å². The molecule has 2 aromatic heterocycles. The van der Waals surface area contributed by atoms with E-state index in [1.807, 2.05) is 0 Å². The first-order valence-electron chi connectivity index (χ1n) is 9.68. The lowest BCUT2D eigenvalue weighted by molar-refractivity contribution is 0.0594. The van der Waals surface area contributed by atoms with Crippen LogP contribution in [0.2, 0.25) is 0 Å². The van der Waals surface area contributed by atoms with Gasteiger partial charge in [-0.1, -0.05) is 0 Å². The Hall–Kier alpha value is -2.52. The Morgan fingerprint density at radius 1 is 0.593 bits per heavy atom. The molecule has 0 amide bonds. The topological polar surface area (TPSA) is 97.9 Å². The van der Waals surface area contributed by atoms with Crippen molar-refractivity contribution in [1.29, 1.82) is 0 Å². The van der Waals surface area contributed by atoms with Crippen molar-refractivity contribution in [1.82, 2.24) is 27.9 Å². The van der Waals surface area contributed by atoms with E-state index in [2.05, 4.69) is 0 Å². The summed E-state index contributed by atoms with van der Waals surface area (Å²) in [5.74, 6) is 0. The highest BCUT2D eigenvalue weighted by Crippen LogP contribution is 2.89. The van der Waals surface area contributed by atoms with Gasteiger partial charge < -0.3 is 0 Å². The monoisotopic (exact) mass is 372 g/mol. The Morgan fingerprint density at radius 2 is 0.852 bits per heavy atom. The molecule has 2 unspecified atom stereocenters. The van der Waals surface area contributed by atoms with Crippen LogP contribution in [0.5, 0.6) is 0 Å². The number of rotatable bonds is 0. The van der Waals surface area contributed by atoms with E-state index in [4.69, 9.17) is 0 Å². The minimum Gasteiger partial charge on any atom is -0.246 e. The van der Waals surface area contributed by atoms with E-state index in [1.165, 1.54) is 9.13 Å². The van der Waals surface area contributed by atoms with Crippen molar-refractivity contribution < 1.29 is 0 Å². The fraction of sp³-hybridized carbons (Fsp3) is 0.765. The van der Waals surface area contributed by atoms with Crippen LogP contribution in [0, 0.1) is 10.8 Å². The second-order valence-corrected chi connectivity index (χ2v) is 9.10. The van der Waals surface area contributed by atoms with E-state index in [9.17, 15) is 19.2 Å². The number of aromatic nitrogens is 6. The lowest BCUT2D eigenvalue weighted by atomic mass is 9.63. The van der Waals surface area contributed by atoms with Crippen LogP contribution in [0.4, 0.5) is 0 Å². The molecule has 2 spiro atoms. The molecule has 0 saturated heterocycles. The summed E-state index contributed by atoms with van der Waals surface area (Å²) >= 11 is 0. The molecule has 142 valence electrons. The molecule has 3 aliphatic carbocycles. The molecule has 6 atom stereocenters. The van der Waals surface area contributed by atoms with Crippen LogP contribution in [0.1, 0.15) is 56.3 Å². The van der Waals surface area contributed by atoms with Gasteiger partial charge in [0.25, 0.3) is 0 Å². The summed E-state index contributed by atoms with van der Waals surface area (Å²) in [6.45, 7) is 0. The highest BCUT2D eigenvalue weighted by molar-refractivity contribution is 5.35. The summed E-state index contributed by atoms with van der Waals surface area (Å²) in [6, 6.07) is -0.0292. The molecule has 4 heterocycles. The first kappa shape index (κ1) is 14.5. The average molecular weight is 372 g/mol. The zero-order valence-corrected chi connectivity index (χ0v) is 15.2. The Balaban J connectivity index is 1.53. The predicted molar refractivity (Wildman–Crippen MR) is 92.0 cm³/mol. The maximum atomic E-state index is 12.8. The third-order valence-electron chi connectivity index (χ3n) is 8.71. The zero-order valence-electron chi connectivity index (χ0n) is 15.2. The lowest BCUT2D eigenvalue weighted by Crippen LogP contribution is -2.44. The number of fused-ring (bicyclic) bond motifs is 6. The van der Waals surface area contributed by atoms with Gasteiger partial charge in [-0.2, -0.15) is 0 Å². The van der Waals surface area contributed by atoms with E-state index in [0.29, 0.717) is 0 Å². The maximum absolute atomic E-state index is 12.8. The summed E-state index contributed by atoms with van der Waals surface area (Å²) in [6.07, 6.45) is 3.92. The fourth-order valence-electron chi connectivity index (χ4n) is 7.90. The van der Waals surface area contributed by atoms with Crippen molar-refractivity contribution in [2.75, 3.05) is 0 Å². The summed E-state index contributed by atoms with van der Waals surface area (Å²) in [7, 11) is 3.08. The van der Waals surface area contributed by atoms with Gasteiger partial charge in [-0.05, 0) is 32.1 Å². The number of hydrogen-bond donors (Lipinski definition) is 0. The average Bonchev–Trinajstić information content (AvgIpc) is 3.05. The molecule has 2 aromatic rings. The van der Waals surface area contributed by atoms with Gasteiger partial charge in [0.1, 0.15) is 0 Å². The minimum atomic E-state index is -0.239. The van der Waals surface area contributed by atoms with E-state index in [-0.39, 0.29) is 57.8 Å². The number of hydrogen-bond acceptors (Lipinski definition) is 4. The van der Waals surface area contributed by atoms with Gasteiger partial charge in [-0.3, -0.25) is 0 Å². The van der Waals surface area contributed by atoms with E-state index < -0.39 is 0 Å². The molecule has 0 N–H and O–H groups in total. The van der Waals surface area contributed by atoms with Crippen molar-refractivity contribution in [3.8, 4) is 0 Å². The summed E-state index contributed by atoms with van der Waals surface area (Å²) in [5.41, 5.74) is -1.30. The van der Waals surface area contributed by atoms with E-state index in [0.717, 1.165) is 32.1 Å². The molecule has 10 heteroatoms. The van der Waals surface area contributed by atoms with Gasteiger partial charge in [0.15, 0.2) is 0 Å². The molecule has 0 radical (unpaired) electrons. The van der Waals surface area contributed by atoms with Gasteiger partial charge in [-0.15, -0.1) is 0 Å². The van der Waals surface area contributed by atoms with Gasteiger partial charge in [0, 0.05) is 24.9 Å². The standard InChI is InChI=1S/C17H20N6O4/c1-18-12(24)20-8-3-5-10-17-7-16(8,17)9(21(20)13(18)25)4-6-11(17)23-15(27)19(2)14(26)22(10)23/h8-11H,3-7H2,1-2H3/t8-,9+,10+,11-,16?,17?. The van der Waals surface area contributed by atoms with Gasteiger partial charge >= 0.3 is 22.8 Å². The molecule has 5 aliphatic rings. The highest BCUT2D eigenvalue weighted by atomic mass is 16.2. The lowest BCUT2D eigenvalue weighted by Gasteiger charge is -2.42. The van der Waals surface area contributed by atoms with Crippen LogP contribution in [0.3, 0.4) is 0 Å². The molecule has 3 fully saturated rings. The Labute approximate surface area is 151 Å². The third-order valence-corrected chi connectivity index (χ3v) is 8.71. The summed E-state index contributed by atoms with van der Waals surface area (Å²) in [4.78, 5) is 51.1. The molecule has 3 saturated carbocycles. The molecule has 27 heavy (non-hydrogen) atoms. The predicted octanol–water partition coefficient (Wildman–Crippen LogP) is -1.13. The largest absolute Gasteiger partial charge is 0.347 e. The quantitative estimate of drug-likeness (QED) is 0.584. The van der Waals surface area contributed by atoms with Gasteiger partial charge in [0.05, 0.1) is 24.2 Å². The van der Waals surface area contributed by atoms with Crippen LogP contribution in [-0.2, 0) is 14.1 Å². The molecule has 7 rings (SSSR count). The van der Waals surface area contributed by atoms with Crippen LogP contribution in [0.15, 0.2) is 19.2 Å². The second kappa shape index (κ2) is 3.72. The normalized spacial score (nSPS) is 41.9. The molecule has 0 bridgehead atoms. The molecule has 10 nitrogen and oxygen atoms in total. The Morgan fingerprint density at radius 3 is 1.11 bits per heavy atom. The summed E-state index contributed by atoms with van der Waals surface area (Å²) in [5, 5.41) is 0. The van der Waals surface area contributed by atoms with E-state index >= 15 is 0 Å². The van der Waals surface area contributed by atoms with Crippen molar-refractivity contribution in [2.24, 2.45) is 24.9 Å². The molecular formula is C17H20N6O4. The smallest absolute Gasteiger partial charge is 0.246 e. The first-order valence-corrected chi connectivity index (χ1v) is 9.68. The zero-order chi connectivity index (χ0) is 18.6. The summed E-state index contributed by atoms with van der Waals surface area (Å²) < 4.78 is 9.23. The Kier molecular flexibility index (Phi) is 2.00. The van der Waals surface area contributed by atoms with E-state index in [1.54, 1.807) is 32.8 Å². The first-order chi connectivity index (χ1) is 12.9. The van der Waals surface area contributed by atoms with Gasteiger partial charge in [0.2, 0.25) is 0 Å². The molecule has 0 aromatic carbocycles. The van der Waals surface area contributed by atoms with Crippen molar-refractivity contribution in [2.45, 2.75) is 56.3 Å². The van der Waals surface area contributed by atoms with Crippen molar-refractivity contribution in [3.05, 3.63) is 41.9 Å². The van der Waals surface area contributed by atoms with Crippen molar-refractivity contribution >= 4 is 0 Å². The third kappa shape index (κ3) is 1.07.